The van der Waals surface area contributed by atoms with E-state index in [2.05, 4.69) is 22.0 Å². The zero-order valence-electron chi connectivity index (χ0n) is 22.3. The first kappa shape index (κ1) is 29.4. The molecule has 0 bridgehead atoms. The number of hydrogen-bond donors (Lipinski definition) is 2. The topological polar surface area (TPSA) is 83.9 Å². The Hall–Kier alpha value is -2.59. The van der Waals surface area contributed by atoms with E-state index in [0.717, 1.165) is 24.5 Å². The first-order chi connectivity index (χ1) is 18.9. The number of carbonyl (C=O) groups is 1. The van der Waals surface area contributed by atoms with Gasteiger partial charge in [0, 0.05) is 22.0 Å². The number of aromatic nitrogens is 1. The standard InChI is InChI=1S/C29H35ClFN3O4S/c1-37-20-4-7-22(8-5-20)39-17-3-14-34-15-12-29(13-16-34,28(35)33-36)11-10-25(31)27-23-18-21(38-2)6-9-26(23)32-19-24(27)30/h4-9,18-19,25,36H,3,10-17H2,1-2H3,(H,33,35)/t25-/m1/s1. The van der Waals surface area contributed by atoms with Gasteiger partial charge in [0.15, 0.2) is 0 Å². The summed E-state index contributed by atoms with van der Waals surface area (Å²) >= 11 is 8.20. The van der Waals surface area contributed by atoms with Crippen LogP contribution in [-0.2, 0) is 4.79 Å². The van der Waals surface area contributed by atoms with E-state index in [1.165, 1.54) is 11.1 Å². The number of carbonyl (C=O) groups excluding carboxylic acids is 1. The van der Waals surface area contributed by atoms with Crippen LogP contribution in [0.3, 0.4) is 0 Å². The molecule has 1 saturated heterocycles. The van der Waals surface area contributed by atoms with Crippen LogP contribution in [0.25, 0.3) is 10.9 Å². The fourth-order valence-corrected chi connectivity index (χ4v) is 6.33. The third-order valence-electron chi connectivity index (χ3n) is 7.60. The Labute approximate surface area is 238 Å². The number of hydroxylamine groups is 1. The molecule has 0 unspecified atom stereocenters. The SMILES string of the molecule is COc1ccc(SCCCN2CCC(CC[C@@H](F)c3c(Cl)cnc4ccc(OC)cc34)(C(=O)NO)CC2)cc1. The summed E-state index contributed by atoms with van der Waals surface area (Å²) in [4.78, 5) is 20.6. The van der Waals surface area contributed by atoms with Gasteiger partial charge in [-0.3, -0.25) is 15.0 Å². The van der Waals surface area contributed by atoms with Crippen LogP contribution in [0.1, 0.15) is 43.8 Å². The molecule has 10 heteroatoms. The van der Waals surface area contributed by atoms with Crippen molar-refractivity contribution in [2.75, 3.05) is 39.6 Å². The smallest absolute Gasteiger partial charge is 0.249 e. The summed E-state index contributed by atoms with van der Waals surface area (Å²) in [5.41, 5.74) is 1.99. The van der Waals surface area contributed by atoms with E-state index in [4.69, 9.17) is 21.1 Å². The van der Waals surface area contributed by atoms with Gasteiger partial charge in [-0.05, 0) is 100.0 Å². The lowest BCUT2D eigenvalue weighted by Gasteiger charge is -2.40. The van der Waals surface area contributed by atoms with Crippen LogP contribution in [0.15, 0.2) is 53.6 Å². The van der Waals surface area contributed by atoms with Gasteiger partial charge < -0.3 is 14.4 Å². The molecule has 3 aromatic rings. The Bertz CT molecular complexity index is 1260. The molecule has 1 fully saturated rings. The average Bonchev–Trinajstić information content (AvgIpc) is 2.98. The summed E-state index contributed by atoms with van der Waals surface area (Å²) < 4.78 is 26.3. The fraction of sp³-hybridized carbons (Fsp3) is 0.448. The molecule has 39 heavy (non-hydrogen) atoms. The maximum Gasteiger partial charge on any atom is 0.249 e. The van der Waals surface area contributed by atoms with Crippen LogP contribution >= 0.6 is 23.4 Å². The number of piperidine rings is 1. The Kier molecular flexibility index (Phi) is 10.3. The molecule has 0 spiro atoms. The second kappa shape index (κ2) is 13.7. The molecule has 1 amide bonds. The Balaban J connectivity index is 1.33. The minimum Gasteiger partial charge on any atom is -0.497 e. The highest BCUT2D eigenvalue weighted by atomic mass is 35.5. The van der Waals surface area contributed by atoms with Gasteiger partial charge >= 0.3 is 0 Å². The normalized spacial score (nSPS) is 16.1. The summed E-state index contributed by atoms with van der Waals surface area (Å²) in [6.45, 7) is 2.35. The minimum atomic E-state index is -1.40. The van der Waals surface area contributed by atoms with Gasteiger partial charge in [0.25, 0.3) is 0 Å². The number of thioether (sulfide) groups is 1. The van der Waals surface area contributed by atoms with E-state index in [9.17, 15) is 10.0 Å². The molecule has 1 aromatic heterocycles. The van der Waals surface area contributed by atoms with E-state index in [1.54, 1.807) is 44.2 Å². The number of fused-ring (bicyclic) bond motifs is 1. The predicted octanol–water partition coefficient (Wildman–Crippen LogP) is 6.47. The lowest BCUT2D eigenvalue weighted by molar-refractivity contribution is -0.143. The van der Waals surface area contributed by atoms with Gasteiger partial charge in [0.05, 0.1) is 30.2 Å². The van der Waals surface area contributed by atoms with Crippen molar-refractivity contribution in [1.82, 2.24) is 15.4 Å². The van der Waals surface area contributed by atoms with Gasteiger partial charge in [0.2, 0.25) is 5.91 Å². The van der Waals surface area contributed by atoms with Crippen LogP contribution in [0.2, 0.25) is 5.02 Å². The number of ether oxygens (including phenoxy) is 2. The van der Waals surface area contributed by atoms with Crippen molar-refractivity contribution in [3.05, 3.63) is 59.2 Å². The fourth-order valence-electron chi connectivity index (χ4n) is 5.22. The zero-order chi connectivity index (χ0) is 27.8. The summed E-state index contributed by atoms with van der Waals surface area (Å²) in [7, 11) is 3.21. The molecule has 1 atom stereocenters. The Morgan fingerprint density at radius 1 is 1.18 bits per heavy atom. The maximum absolute atomic E-state index is 15.8. The second-order valence-electron chi connectivity index (χ2n) is 9.85. The summed E-state index contributed by atoms with van der Waals surface area (Å²) in [6, 6.07) is 13.3. The van der Waals surface area contributed by atoms with Crippen LogP contribution in [0.5, 0.6) is 11.5 Å². The largest absolute Gasteiger partial charge is 0.497 e. The molecule has 1 aliphatic heterocycles. The van der Waals surface area contributed by atoms with Crippen molar-refractivity contribution in [2.24, 2.45) is 5.41 Å². The number of rotatable bonds is 12. The van der Waals surface area contributed by atoms with E-state index in [-0.39, 0.29) is 11.4 Å². The van der Waals surface area contributed by atoms with Crippen molar-refractivity contribution >= 4 is 40.2 Å². The molecule has 4 rings (SSSR count). The Morgan fingerprint density at radius 3 is 2.54 bits per heavy atom. The molecule has 1 aliphatic rings. The number of amides is 1. The molecule has 0 aliphatic carbocycles. The quantitative estimate of drug-likeness (QED) is 0.111. The van der Waals surface area contributed by atoms with Crippen molar-refractivity contribution < 1.29 is 23.9 Å². The highest BCUT2D eigenvalue weighted by Gasteiger charge is 2.41. The number of alkyl halides is 1. The van der Waals surface area contributed by atoms with Crippen LogP contribution in [0.4, 0.5) is 4.39 Å². The number of benzene rings is 2. The number of nitrogens with one attached hydrogen (secondary N) is 1. The highest BCUT2D eigenvalue weighted by molar-refractivity contribution is 7.99. The lowest BCUT2D eigenvalue weighted by atomic mass is 9.73. The van der Waals surface area contributed by atoms with Gasteiger partial charge in [-0.1, -0.05) is 11.6 Å². The van der Waals surface area contributed by atoms with Gasteiger partial charge in [-0.25, -0.2) is 9.87 Å². The van der Waals surface area contributed by atoms with E-state index in [0.29, 0.717) is 54.6 Å². The van der Waals surface area contributed by atoms with Crippen LogP contribution in [-0.4, -0.2) is 60.6 Å². The van der Waals surface area contributed by atoms with Crippen molar-refractivity contribution in [3.8, 4) is 11.5 Å². The monoisotopic (exact) mass is 575 g/mol. The van der Waals surface area contributed by atoms with Crippen LogP contribution < -0.4 is 15.0 Å². The van der Waals surface area contributed by atoms with Gasteiger partial charge in [0.1, 0.15) is 17.7 Å². The molecule has 2 N–H and O–H groups in total. The third kappa shape index (κ3) is 7.14. The number of likely N-dealkylation sites (tertiary alicyclic amines) is 1. The minimum absolute atomic E-state index is 0.0992. The van der Waals surface area contributed by atoms with Crippen molar-refractivity contribution in [3.63, 3.8) is 0 Å². The Morgan fingerprint density at radius 2 is 1.87 bits per heavy atom. The summed E-state index contributed by atoms with van der Waals surface area (Å²) in [5.74, 6) is 1.97. The second-order valence-corrected chi connectivity index (χ2v) is 11.4. The van der Waals surface area contributed by atoms with Crippen molar-refractivity contribution in [2.45, 2.75) is 43.2 Å². The zero-order valence-corrected chi connectivity index (χ0v) is 23.9. The number of pyridine rings is 1. The first-order valence-corrected chi connectivity index (χ1v) is 14.5. The maximum atomic E-state index is 15.8. The third-order valence-corrected chi connectivity index (χ3v) is 9.00. The van der Waals surface area contributed by atoms with Crippen molar-refractivity contribution in [1.29, 1.82) is 0 Å². The molecule has 0 radical (unpaired) electrons. The van der Waals surface area contributed by atoms with E-state index < -0.39 is 17.5 Å². The number of hydrogen-bond acceptors (Lipinski definition) is 7. The van der Waals surface area contributed by atoms with Gasteiger partial charge in [-0.2, -0.15) is 0 Å². The molecule has 210 valence electrons. The molecular formula is C29H35ClFN3O4S. The number of nitrogens with zero attached hydrogens (tertiary/aromatic N) is 2. The van der Waals surface area contributed by atoms with E-state index in [1.807, 2.05) is 17.6 Å². The summed E-state index contributed by atoms with van der Waals surface area (Å²) in [5, 5.41) is 10.3. The number of halogens is 2. The van der Waals surface area contributed by atoms with E-state index >= 15 is 4.39 Å². The molecule has 7 nitrogen and oxygen atoms in total. The molecule has 2 aromatic carbocycles. The highest BCUT2D eigenvalue weighted by Crippen LogP contribution is 2.42. The molecular weight excluding hydrogens is 541 g/mol. The lowest BCUT2D eigenvalue weighted by Crippen LogP contribution is -2.48. The predicted molar refractivity (Wildman–Crippen MR) is 153 cm³/mol. The molecule has 2 heterocycles. The van der Waals surface area contributed by atoms with Crippen LogP contribution in [0, 0.1) is 5.41 Å². The van der Waals surface area contributed by atoms with Gasteiger partial charge in [-0.15, -0.1) is 11.8 Å². The molecule has 0 saturated carbocycles. The average molecular weight is 576 g/mol. The summed E-state index contributed by atoms with van der Waals surface area (Å²) in [6.07, 6.45) is 2.58. The first-order valence-electron chi connectivity index (χ1n) is 13.1. The number of methoxy groups -OCH3 is 2.